The molecule has 0 fully saturated rings. The Balaban J connectivity index is 0. The molecule has 0 radical (unpaired) electrons. The number of nitrogens with zero attached hydrogens (tertiary/aromatic N) is 1. The lowest BCUT2D eigenvalue weighted by molar-refractivity contribution is 0.412. The fourth-order valence-corrected chi connectivity index (χ4v) is 0.545. The molecule has 0 saturated heterocycles. The van der Waals surface area contributed by atoms with Gasteiger partial charge in [0.15, 0.2) is 5.75 Å². The molecule has 1 heterocycles. The molecule has 60 valence electrons. The maximum Gasteiger partial charge on any atom is 0.159 e. The number of ether oxygens (including phenoxy) is 1. The summed E-state index contributed by atoms with van der Waals surface area (Å²) in [5.41, 5.74) is 0.965. The topological polar surface area (TPSA) is 37.9 Å². The van der Waals surface area contributed by atoms with Crippen LogP contribution >= 0.6 is 0 Å². The summed E-state index contributed by atoms with van der Waals surface area (Å²) in [4.78, 5) is 0. The first-order chi connectivity index (χ1) is 4.84. The van der Waals surface area contributed by atoms with Crippen molar-refractivity contribution >= 4 is 0 Å². The Labute approximate surface area is 62.9 Å². The largest absolute Gasteiger partial charge is 0.493 e. The summed E-state index contributed by atoms with van der Waals surface area (Å²) in [5.74, 6) is 0.810. The second-order valence-electron chi connectivity index (χ2n) is 1.56. The summed E-state index contributed by atoms with van der Waals surface area (Å²) in [6.07, 6.45) is 1.65. The van der Waals surface area contributed by atoms with Crippen LogP contribution in [0.4, 0.5) is 0 Å². The average Bonchev–Trinajstić information content (AvgIpc) is 2.39. The van der Waals surface area contributed by atoms with Crippen LogP contribution in [0.25, 0.3) is 0 Å². The van der Waals surface area contributed by atoms with Gasteiger partial charge in [0.1, 0.15) is 0 Å². The van der Waals surface area contributed by atoms with Gasteiger partial charge in [0.25, 0.3) is 0 Å². The quantitative estimate of drug-likeness (QED) is 0.654. The van der Waals surface area contributed by atoms with Crippen LogP contribution in [0.3, 0.4) is 0 Å². The van der Waals surface area contributed by atoms with Crippen LogP contribution in [0, 0.1) is 6.92 Å². The zero-order valence-corrected chi connectivity index (χ0v) is 6.93. The predicted molar refractivity (Wildman–Crippen MR) is 43.3 cm³/mol. The lowest BCUT2D eigenvalue weighted by Crippen LogP contribution is -1.80. The molecule has 0 aliphatic rings. The predicted octanol–water partition coefficient (Wildman–Crippen LogP) is 2.00. The number of aryl methyl sites for hydroxylation is 1. The first-order valence-electron chi connectivity index (χ1n) is 3.38. The van der Waals surface area contributed by atoms with E-state index in [1.807, 2.05) is 20.8 Å². The van der Waals surface area contributed by atoms with E-state index in [2.05, 4.69) is 10.2 Å². The molecule has 3 nitrogen and oxygen atoms in total. The molecular weight excluding hydrogens is 128 g/mol. The van der Waals surface area contributed by atoms with E-state index in [1.165, 1.54) is 0 Å². The minimum absolute atomic E-state index is 0. The number of aromatic amines is 1. The molecule has 0 aliphatic carbocycles. The highest BCUT2D eigenvalue weighted by atomic mass is 16.5. The normalized spacial score (nSPS) is 8.00. The van der Waals surface area contributed by atoms with Crippen LogP contribution in [0.15, 0.2) is 6.20 Å². The minimum Gasteiger partial charge on any atom is -0.493 e. The molecule has 3 heteroatoms. The zero-order chi connectivity index (χ0) is 7.98. The van der Waals surface area contributed by atoms with Crippen LogP contribution in [-0.2, 0) is 0 Å². The van der Waals surface area contributed by atoms with Crippen molar-refractivity contribution in [2.75, 3.05) is 7.11 Å². The maximum atomic E-state index is 4.89. The van der Waals surface area contributed by atoms with Crippen LogP contribution in [0.1, 0.15) is 21.0 Å². The smallest absolute Gasteiger partial charge is 0.159 e. The second kappa shape index (κ2) is 4.85. The van der Waals surface area contributed by atoms with E-state index < -0.39 is 0 Å². The molecule has 0 atom stereocenters. The molecule has 1 aromatic rings. The molecular formula is C7H16N2O. The lowest BCUT2D eigenvalue weighted by Gasteiger charge is -1.91. The number of rotatable bonds is 1. The molecule has 1 N–H and O–H groups in total. The van der Waals surface area contributed by atoms with E-state index in [0.717, 1.165) is 11.4 Å². The van der Waals surface area contributed by atoms with Crippen molar-refractivity contribution in [3.05, 3.63) is 11.9 Å². The molecule has 1 rings (SSSR count). The Hall–Kier alpha value is -0.990. The fraction of sp³-hybridized carbons (Fsp3) is 0.571. The summed E-state index contributed by atoms with van der Waals surface area (Å²) >= 11 is 0. The van der Waals surface area contributed by atoms with Gasteiger partial charge in [0.05, 0.1) is 19.0 Å². The number of methoxy groups -OCH3 is 1. The molecule has 10 heavy (non-hydrogen) atoms. The molecule has 0 aromatic carbocycles. The van der Waals surface area contributed by atoms with Gasteiger partial charge in [0.2, 0.25) is 0 Å². The van der Waals surface area contributed by atoms with Gasteiger partial charge in [0, 0.05) is 1.43 Å². The van der Waals surface area contributed by atoms with Gasteiger partial charge in [-0.25, -0.2) is 0 Å². The molecule has 0 spiro atoms. The third kappa shape index (κ3) is 2.09. The van der Waals surface area contributed by atoms with E-state index in [9.17, 15) is 0 Å². The van der Waals surface area contributed by atoms with Gasteiger partial charge < -0.3 is 4.74 Å². The number of H-pyrrole nitrogens is 1. The third-order valence-electron chi connectivity index (χ3n) is 1.00. The lowest BCUT2D eigenvalue weighted by atomic mass is 10.5. The number of hydrogen-bond acceptors (Lipinski definition) is 2. The van der Waals surface area contributed by atoms with E-state index in [1.54, 1.807) is 13.3 Å². The van der Waals surface area contributed by atoms with Gasteiger partial charge in [-0.3, -0.25) is 5.10 Å². The monoisotopic (exact) mass is 144 g/mol. The summed E-state index contributed by atoms with van der Waals surface area (Å²) < 4.78 is 4.89. The van der Waals surface area contributed by atoms with Crippen LogP contribution in [-0.4, -0.2) is 17.3 Å². The number of hydrogen-bond donors (Lipinski definition) is 1. The Morgan fingerprint density at radius 1 is 1.60 bits per heavy atom. The Morgan fingerprint density at radius 3 is 2.40 bits per heavy atom. The summed E-state index contributed by atoms with van der Waals surface area (Å²) in [6.45, 7) is 5.91. The second-order valence-corrected chi connectivity index (χ2v) is 1.56. The van der Waals surface area contributed by atoms with E-state index in [-0.39, 0.29) is 1.43 Å². The van der Waals surface area contributed by atoms with Crippen molar-refractivity contribution in [3.63, 3.8) is 0 Å². The van der Waals surface area contributed by atoms with Gasteiger partial charge in [-0.05, 0) is 6.92 Å². The molecule has 0 unspecified atom stereocenters. The van der Waals surface area contributed by atoms with E-state index in [4.69, 9.17) is 4.74 Å². The van der Waals surface area contributed by atoms with Gasteiger partial charge in [-0.15, -0.1) is 0 Å². The van der Waals surface area contributed by atoms with Gasteiger partial charge in [-0.2, -0.15) is 5.10 Å². The minimum atomic E-state index is 0. The number of nitrogens with one attached hydrogen (secondary N) is 1. The molecule has 0 saturated carbocycles. The summed E-state index contributed by atoms with van der Waals surface area (Å²) in [7, 11) is 1.62. The highest BCUT2D eigenvalue weighted by Crippen LogP contribution is 2.10. The first kappa shape index (κ1) is 9.01. The highest BCUT2D eigenvalue weighted by molar-refractivity contribution is 5.21. The summed E-state index contributed by atoms with van der Waals surface area (Å²) in [6, 6.07) is 0. The van der Waals surface area contributed by atoms with Crippen molar-refractivity contribution in [2.24, 2.45) is 0 Å². The molecule has 1 aromatic heterocycles. The standard InChI is InChI=1S/C5H8N2O.C2H6.H2/c1-4-5(8-2)3-6-7-4;1-2;/h3H,1-2H3,(H,6,7);1-2H3;1H. The zero-order valence-electron chi connectivity index (χ0n) is 6.93. The van der Waals surface area contributed by atoms with E-state index >= 15 is 0 Å². The Kier molecular flexibility index (Phi) is 4.37. The van der Waals surface area contributed by atoms with Crippen molar-refractivity contribution in [2.45, 2.75) is 20.8 Å². The maximum absolute atomic E-state index is 4.89. The van der Waals surface area contributed by atoms with Crippen LogP contribution in [0.5, 0.6) is 5.75 Å². The van der Waals surface area contributed by atoms with Gasteiger partial charge >= 0.3 is 0 Å². The SMILES string of the molecule is CC.COc1cn[nH]c1C.[HH]. The average molecular weight is 144 g/mol. The molecule has 0 aliphatic heterocycles. The van der Waals surface area contributed by atoms with Crippen LogP contribution in [0.2, 0.25) is 0 Å². The van der Waals surface area contributed by atoms with Crippen molar-refractivity contribution < 1.29 is 6.16 Å². The third-order valence-corrected chi connectivity index (χ3v) is 1.00. The molecule has 0 amide bonds. The summed E-state index contributed by atoms with van der Waals surface area (Å²) in [5, 5.41) is 6.49. The van der Waals surface area contributed by atoms with Crippen molar-refractivity contribution in [1.82, 2.24) is 10.2 Å². The Bertz CT molecular complexity index is 177. The fourth-order valence-electron chi connectivity index (χ4n) is 0.545. The van der Waals surface area contributed by atoms with Crippen molar-refractivity contribution in [3.8, 4) is 5.75 Å². The number of aromatic nitrogens is 2. The van der Waals surface area contributed by atoms with Crippen LogP contribution < -0.4 is 4.74 Å². The van der Waals surface area contributed by atoms with Crippen molar-refractivity contribution in [1.29, 1.82) is 0 Å². The Morgan fingerprint density at radius 2 is 2.20 bits per heavy atom. The van der Waals surface area contributed by atoms with Gasteiger partial charge in [-0.1, -0.05) is 13.8 Å². The highest BCUT2D eigenvalue weighted by Gasteiger charge is 1.94. The van der Waals surface area contributed by atoms with E-state index in [0.29, 0.717) is 0 Å². The molecule has 0 bridgehead atoms. The first-order valence-corrected chi connectivity index (χ1v) is 3.38.